The summed E-state index contributed by atoms with van der Waals surface area (Å²) in [5.41, 5.74) is 5.25. The fourth-order valence-electron chi connectivity index (χ4n) is 3.62. The Kier molecular flexibility index (Phi) is 5.42. The van der Waals surface area contributed by atoms with Crippen LogP contribution in [0.25, 0.3) is 16.7 Å². The van der Waals surface area contributed by atoms with Gasteiger partial charge in [-0.3, -0.25) is 14.2 Å². The Labute approximate surface area is 180 Å². The second-order valence-electron chi connectivity index (χ2n) is 7.86. The zero-order chi connectivity index (χ0) is 22.1. The number of rotatable bonds is 5. The number of nitrogens with zero attached hydrogens (tertiary/aromatic N) is 4. The van der Waals surface area contributed by atoms with Gasteiger partial charge in [-0.2, -0.15) is 5.10 Å². The molecule has 1 N–H and O–H groups in total. The minimum Gasteiger partial charge on any atom is -0.326 e. The summed E-state index contributed by atoms with van der Waals surface area (Å²) in [5.74, 6) is 0.402. The summed E-state index contributed by atoms with van der Waals surface area (Å²) in [4.78, 5) is 30.1. The van der Waals surface area contributed by atoms with Crippen LogP contribution >= 0.6 is 0 Å². The van der Waals surface area contributed by atoms with Crippen LogP contribution in [0.3, 0.4) is 0 Å². The quantitative estimate of drug-likeness (QED) is 0.537. The molecule has 7 nitrogen and oxygen atoms in total. The molecular weight excluding hydrogens is 390 g/mol. The molecular formula is C24H25N5O2. The molecule has 0 aliphatic rings. The number of hydrogen-bond acceptors (Lipinski definition) is 4. The van der Waals surface area contributed by atoms with Crippen LogP contribution in [0.2, 0.25) is 0 Å². The lowest BCUT2D eigenvalue weighted by atomic mass is 10.1. The lowest BCUT2D eigenvalue weighted by Crippen LogP contribution is -2.26. The van der Waals surface area contributed by atoms with Crippen molar-refractivity contribution < 1.29 is 4.79 Å². The Morgan fingerprint density at radius 2 is 1.71 bits per heavy atom. The Morgan fingerprint density at radius 1 is 1.00 bits per heavy atom. The van der Waals surface area contributed by atoms with Crippen LogP contribution in [0.5, 0.6) is 0 Å². The topological polar surface area (TPSA) is 81.8 Å². The molecule has 2 aromatic carbocycles. The molecule has 0 spiro atoms. The third-order valence-electron chi connectivity index (χ3n) is 5.37. The summed E-state index contributed by atoms with van der Waals surface area (Å²) in [5, 5.41) is 7.72. The van der Waals surface area contributed by atoms with Gasteiger partial charge in [0.1, 0.15) is 11.2 Å². The van der Waals surface area contributed by atoms with Gasteiger partial charge >= 0.3 is 0 Å². The molecule has 2 heterocycles. The summed E-state index contributed by atoms with van der Waals surface area (Å²) in [6, 6.07) is 13.8. The first-order chi connectivity index (χ1) is 14.8. The van der Waals surface area contributed by atoms with Crippen LogP contribution in [-0.2, 0) is 11.3 Å². The summed E-state index contributed by atoms with van der Waals surface area (Å²) < 4.78 is 3.20. The van der Waals surface area contributed by atoms with Gasteiger partial charge in [-0.15, -0.1) is 0 Å². The van der Waals surface area contributed by atoms with Gasteiger partial charge in [0, 0.05) is 18.7 Å². The molecule has 31 heavy (non-hydrogen) atoms. The summed E-state index contributed by atoms with van der Waals surface area (Å²) in [7, 11) is 0. The molecule has 4 aromatic rings. The Hall–Kier alpha value is -3.74. The van der Waals surface area contributed by atoms with E-state index in [0.717, 1.165) is 28.1 Å². The monoisotopic (exact) mass is 415 g/mol. The number of anilines is 1. The first kappa shape index (κ1) is 20.5. The second kappa shape index (κ2) is 8.18. The number of carbonyl (C=O) groups is 1. The van der Waals surface area contributed by atoms with E-state index in [-0.39, 0.29) is 24.4 Å². The summed E-state index contributed by atoms with van der Waals surface area (Å²) in [6.45, 7) is 8.01. The Bertz CT molecular complexity index is 1330. The molecule has 158 valence electrons. The highest BCUT2D eigenvalue weighted by molar-refractivity contribution is 5.91. The Morgan fingerprint density at radius 3 is 2.42 bits per heavy atom. The van der Waals surface area contributed by atoms with Gasteiger partial charge < -0.3 is 5.32 Å². The van der Waals surface area contributed by atoms with E-state index in [0.29, 0.717) is 16.9 Å². The van der Waals surface area contributed by atoms with E-state index in [1.54, 1.807) is 11.6 Å². The van der Waals surface area contributed by atoms with E-state index < -0.39 is 0 Å². The Balaban J connectivity index is 1.56. The smallest absolute Gasteiger partial charge is 0.264 e. The van der Waals surface area contributed by atoms with Gasteiger partial charge in [-0.25, -0.2) is 9.67 Å². The van der Waals surface area contributed by atoms with Gasteiger partial charge in [-0.05, 0) is 51.5 Å². The van der Waals surface area contributed by atoms with Crippen molar-refractivity contribution in [3.63, 3.8) is 0 Å². The van der Waals surface area contributed by atoms with Crippen LogP contribution in [0, 0.1) is 27.7 Å². The van der Waals surface area contributed by atoms with Crippen molar-refractivity contribution in [1.29, 1.82) is 0 Å². The van der Waals surface area contributed by atoms with Crippen molar-refractivity contribution in [2.45, 2.75) is 40.7 Å². The highest BCUT2D eigenvalue weighted by Gasteiger charge is 2.15. The largest absolute Gasteiger partial charge is 0.326 e. The molecule has 0 saturated heterocycles. The molecule has 2 aromatic heterocycles. The van der Waals surface area contributed by atoms with Gasteiger partial charge in [0.05, 0.1) is 11.9 Å². The number of benzene rings is 2. The van der Waals surface area contributed by atoms with E-state index in [1.165, 1.54) is 10.8 Å². The number of nitrogens with one attached hydrogen (secondary N) is 1. The predicted molar refractivity (Wildman–Crippen MR) is 122 cm³/mol. The molecule has 0 atom stereocenters. The molecule has 0 saturated carbocycles. The molecule has 1 amide bonds. The molecule has 7 heteroatoms. The van der Waals surface area contributed by atoms with E-state index in [1.807, 2.05) is 63.2 Å². The zero-order valence-corrected chi connectivity index (χ0v) is 18.1. The minimum absolute atomic E-state index is 0.145. The van der Waals surface area contributed by atoms with Crippen molar-refractivity contribution in [3.8, 4) is 5.69 Å². The van der Waals surface area contributed by atoms with Crippen LogP contribution in [0.1, 0.15) is 28.9 Å². The van der Waals surface area contributed by atoms with Crippen LogP contribution in [0.4, 0.5) is 5.69 Å². The number of hydrogen-bond donors (Lipinski definition) is 1. The fraction of sp³-hybridized carbons (Fsp3) is 0.250. The maximum atomic E-state index is 13.0. The van der Waals surface area contributed by atoms with Crippen LogP contribution in [0.15, 0.2) is 53.5 Å². The standard InChI is InChI=1S/C24H25N5O2/c1-15-5-8-19(9-6-15)29-23-20(14-25-29)24(31)28(18(4)26-23)12-11-22(30)27-21-10-7-16(2)13-17(21)3/h5-10,13-14H,11-12H2,1-4H3,(H,27,30). The molecule has 0 fully saturated rings. The van der Waals surface area contributed by atoms with Gasteiger partial charge in [0.15, 0.2) is 5.65 Å². The fourth-order valence-corrected chi connectivity index (χ4v) is 3.62. The van der Waals surface area contributed by atoms with Gasteiger partial charge in [0.2, 0.25) is 5.91 Å². The van der Waals surface area contributed by atoms with Crippen LogP contribution in [-0.4, -0.2) is 25.2 Å². The maximum absolute atomic E-state index is 13.0. The maximum Gasteiger partial charge on any atom is 0.264 e. The lowest BCUT2D eigenvalue weighted by molar-refractivity contribution is -0.116. The third-order valence-corrected chi connectivity index (χ3v) is 5.37. The average molecular weight is 415 g/mol. The molecule has 0 bridgehead atoms. The first-order valence-electron chi connectivity index (χ1n) is 10.2. The summed E-state index contributed by atoms with van der Waals surface area (Å²) >= 11 is 0. The lowest BCUT2D eigenvalue weighted by Gasteiger charge is -2.12. The average Bonchev–Trinajstić information content (AvgIpc) is 3.14. The van der Waals surface area contributed by atoms with Crippen LogP contribution < -0.4 is 10.9 Å². The van der Waals surface area contributed by atoms with Crippen molar-refractivity contribution in [2.24, 2.45) is 0 Å². The number of carbonyl (C=O) groups excluding carboxylic acids is 1. The number of aromatic nitrogens is 4. The van der Waals surface area contributed by atoms with Crippen molar-refractivity contribution in [1.82, 2.24) is 19.3 Å². The first-order valence-corrected chi connectivity index (χ1v) is 10.2. The van der Waals surface area contributed by atoms with Gasteiger partial charge in [-0.1, -0.05) is 35.4 Å². The highest BCUT2D eigenvalue weighted by atomic mass is 16.2. The van der Waals surface area contributed by atoms with Crippen molar-refractivity contribution in [2.75, 3.05) is 5.32 Å². The van der Waals surface area contributed by atoms with E-state index in [2.05, 4.69) is 15.4 Å². The third kappa shape index (κ3) is 4.12. The normalized spacial score (nSPS) is 11.1. The molecule has 0 radical (unpaired) electrons. The van der Waals surface area contributed by atoms with E-state index in [9.17, 15) is 9.59 Å². The number of fused-ring (bicyclic) bond motifs is 1. The predicted octanol–water partition coefficient (Wildman–Crippen LogP) is 3.84. The zero-order valence-electron chi connectivity index (χ0n) is 18.1. The van der Waals surface area contributed by atoms with Crippen molar-refractivity contribution in [3.05, 3.63) is 81.5 Å². The molecule has 4 rings (SSSR count). The minimum atomic E-state index is -0.194. The highest BCUT2D eigenvalue weighted by Crippen LogP contribution is 2.17. The molecule has 0 aliphatic heterocycles. The van der Waals surface area contributed by atoms with Gasteiger partial charge in [0.25, 0.3) is 5.56 Å². The summed E-state index contributed by atoms with van der Waals surface area (Å²) in [6.07, 6.45) is 1.71. The number of aryl methyl sites for hydroxylation is 4. The molecule has 0 aliphatic carbocycles. The van der Waals surface area contributed by atoms with Crippen molar-refractivity contribution >= 4 is 22.6 Å². The van der Waals surface area contributed by atoms with E-state index in [4.69, 9.17) is 0 Å². The SMILES string of the molecule is Cc1ccc(-n2ncc3c(=O)n(CCC(=O)Nc4ccc(C)cc4C)c(C)nc32)cc1. The molecule has 0 unspecified atom stereocenters. The second-order valence-corrected chi connectivity index (χ2v) is 7.86. The van der Waals surface area contributed by atoms with E-state index >= 15 is 0 Å². The number of amides is 1.